The van der Waals surface area contributed by atoms with Crippen molar-refractivity contribution < 1.29 is 18.3 Å². The monoisotopic (exact) mass is 302 g/mol. The van der Waals surface area contributed by atoms with Gasteiger partial charge < -0.3 is 15.0 Å². The molecule has 1 aromatic rings. The third kappa shape index (κ3) is 3.69. The Morgan fingerprint density at radius 1 is 1.62 bits per heavy atom. The number of amides is 2. The summed E-state index contributed by atoms with van der Waals surface area (Å²) in [7, 11) is 0. The zero-order chi connectivity index (χ0) is 15.5. The summed E-state index contributed by atoms with van der Waals surface area (Å²) in [4.78, 5) is 17.6. The molecule has 2 rings (SSSR count). The Kier molecular flexibility index (Phi) is 4.76. The molecule has 1 N–H and O–H groups in total. The SMILES string of the molecule is CCC1(C)CN(C(=O)NCc2nccn2C(F)F)CCO1. The maximum absolute atomic E-state index is 12.7. The predicted molar refractivity (Wildman–Crippen MR) is 71.9 cm³/mol. The minimum Gasteiger partial charge on any atom is -0.372 e. The Morgan fingerprint density at radius 2 is 2.38 bits per heavy atom. The normalized spacial score (nSPS) is 22.6. The topological polar surface area (TPSA) is 59.4 Å². The Labute approximate surface area is 122 Å². The van der Waals surface area contributed by atoms with E-state index in [1.807, 2.05) is 13.8 Å². The van der Waals surface area contributed by atoms with E-state index in [0.717, 1.165) is 11.0 Å². The standard InChI is InChI=1S/C13H20F2N4O2/c1-3-13(2)9-18(6-7-21-13)12(20)17-8-10-16-4-5-19(10)11(14)15/h4-5,11H,3,6-9H2,1-2H3,(H,17,20). The van der Waals surface area contributed by atoms with Gasteiger partial charge in [0, 0.05) is 18.9 Å². The lowest BCUT2D eigenvalue weighted by Gasteiger charge is -2.39. The van der Waals surface area contributed by atoms with Crippen molar-refractivity contribution in [2.75, 3.05) is 19.7 Å². The number of ether oxygens (including phenoxy) is 1. The minimum atomic E-state index is -2.66. The van der Waals surface area contributed by atoms with Crippen LogP contribution in [-0.2, 0) is 11.3 Å². The van der Waals surface area contributed by atoms with Crippen LogP contribution in [0.2, 0.25) is 0 Å². The highest BCUT2D eigenvalue weighted by atomic mass is 19.3. The molecule has 6 nitrogen and oxygen atoms in total. The first-order chi connectivity index (χ1) is 9.95. The maximum atomic E-state index is 12.7. The Hall–Kier alpha value is -1.70. The number of carbonyl (C=O) groups is 1. The van der Waals surface area contributed by atoms with Gasteiger partial charge in [-0.1, -0.05) is 6.92 Å². The first-order valence-corrected chi connectivity index (χ1v) is 6.92. The molecule has 0 saturated carbocycles. The van der Waals surface area contributed by atoms with Gasteiger partial charge in [0.05, 0.1) is 25.3 Å². The number of hydrogen-bond donors (Lipinski definition) is 1. The molecule has 1 unspecified atom stereocenters. The van der Waals surface area contributed by atoms with Crippen molar-refractivity contribution in [2.24, 2.45) is 0 Å². The van der Waals surface area contributed by atoms with Crippen LogP contribution in [0.4, 0.5) is 13.6 Å². The summed E-state index contributed by atoms with van der Waals surface area (Å²) in [5.74, 6) is 0.130. The van der Waals surface area contributed by atoms with E-state index in [9.17, 15) is 13.6 Å². The Morgan fingerprint density at radius 3 is 3.05 bits per heavy atom. The van der Waals surface area contributed by atoms with E-state index in [2.05, 4.69) is 10.3 Å². The molecule has 1 aliphatic heterocycles. The van der Waals surface area contributed by atoms with E-state index in [1.54, 1.807) is 4.90 Å². The number of hydrogen-bond acceptors (Lipinski definition) is 3. The average Bonchev–Trinajstić information content (AvgIpc) is 2.93. The fourth-order valence-corrected chi connectivity index (χ4v) is 2.24. The van der Waals surface area contributed by atoms with Gasteiger partial charge in [-0.2, -0.15) is 8.78 Å². The summed E-state index contributed by atoms with van der Waals surface area (Å²) in [6.45, 7) is 2.71. The lowest BCUT2D eigenvalue weighted by Crippen LogP contribution is -2.54. The highest BCUT2D eigenvalue weighted by Gasteiger charge is 2.32. The van der Waals surface area contributed by atoms with E-state index >= 15 is 0 Å². The number of imidazole rings is 1. The van der Waals surface area contributed by atoms with Crippen LogP contribution in [-0.4, -0.2) is 45.8 Å². The van der Waals surface area contributed by atoms with Crippen molar-refractivity contribution in [3.8, 4) is 0 Å². The molecular formula is C13H20F2N4O2. The van der Waals surface area contributed by atoms with Gasteiger partial charge in [-0.25, -0.2) is 9.78 Å². The van der Waals surface area contributed by atoms with Gasteiger partial charge in [0.2, 0.25) is 0 Å². The lowest BCUT2D eigenvalue weighted by atomic mass is 10.0. The molecular weight excluding hydrogens is 282 g/mol. The van der Waals surface area contributed by atoms with Crippen LogP contribution in [0.5, 0.6) is 0 Å². The first-order valence-electron chi connectivity index (χ1n) is 6.92. The van der Waals surface area contributed by atoms with Crippen LogP contribution in [0.3, 0.4) is 0 Å². The molecule has 0 radical (unpaired) electrons. The summed E-state index contributed by atoms with van der Waals surface area (Å²) < 4.78 is 31.7. The average molecular weight is 302 g/mol. The Balaban J connectivity index is 1.91. The van der Waals surface area contributed by atoms with E-state index in [1.165, 1.54) is 12.4 Å². The molecule has 1 fully saturated rings. The fourth-order valence-electron chi connectivity index (χ4n) is 2.24. The van der Waals surface area contributed by atoms with Crippen molar-refractivity contribution in [1.29, 1.82) is 0 Å². The maximum Gasteiger partial charge on any atom is 0.319 e. The van der Waals surface area contributed by atoms with Crippen molar-refractivity contribution in [2.45, 2.75) is 39.0 Å². The predicted octanol–water partition coefficient (Wildman–Crippen LogP) is 1.99. The number of alkyl halides is 2. The largest absolute Gasteiger partial charge is 0.372 e. The van der Waals surface area contributed by atoms with E-state index in [0.29, 0.717) is 19.7 Å². The van der Waals surface area contributed by atoms with E-state index in [4.69, 9.17) is 4.74 Å². The molecule has 0 aromatic carbocycles. The zero-order valence-corrected chi connectivity index (χ0v) is 12.2. The summed E-state index contributed by atoms with van der Waals surface area (Å²) in [6, 6.07) is -0.290. The number of rotatable bonds is 4. The molecule has 118 valence electrons. The second-order valence-corrected chi connectivity index (χ2v) is 5.26. The Bertz CT molecular complexity index is 494. The number of carbonyl (C=O) groups excluding carboxylic acids is 1. The van der Waals surface area contributed by atoms with Gasteiger partial charge >= 0.3 is 12.6 Å². The van der Waals surface area contributed by atoms with E-state index < -0.39 is 6.55 Å². The number of nitrogens with one attached hydrogen (secondary N) is 1. The molecule has 2 heterocycles. The van der Waals surface area contributed by atoms with Crippen molar-refractivity contribution in [3.63, 3.8) is 0 Å². The van der Waals surface area contributed by atoms with Gasteiger partial charge in [0.25, 0.3) is 0 Å². The van der Waals surface area contributed by atoms with Crippen LogP contribution >= 0.6 is 0 Å². The quantitative estimate of drug-likeness (QED) is 0.925. The number of nitrogens with zero attached hydrogens (tertiary/aromatic N) is 3. The van der Waals surface area contributed by atoms with Crippen molar-refractivity contribution >= 4 is 6.03 Å². The number of halogens is 2. The van der Waals surface area contributed by atoms with Gasteiger partial charge in [0.1, 0.15) is 5.82 Å². The van der Waals surface area contributed by atoms with Crippen LogP contribution in [0.25, 0.3) is 0 Å². The van der Waals surface area contributed by atoms with Gasteiger partial charge in [-0.3, -0.25) is 4.57 Å². The lowest BCUT2D eigenvalue weighted by molar-refractivity contribution is -0.0873. The third-order valence-electron chi connectivity index (χ3n) is 3.73. The fraction of sp³-hybridized carbons (Fsp3) is 0.692. The number of urea groups is 1. The highest BCUT2D eigenvalue weighted by molar-refractivity contribution is 5.74. The molecule has 8 heteroatoms. The highest BCUT2D eigenvalue weighted by Crippen LogP contribution is 2.21. The van der Waals surface area contributed by atoms with Crippen LogP contribution < -0.4 is 5.32 Å². The number of aromatic nitrogens is 2. The molecule has 0 bridgehead atoms. The molecule has 0 aliphatic carbocycles. The smallest absolute Gasteiger partial charge is 0.319 e. The second kappa shape index (κ2) is 6.38. The molecule has 0 spiro atoms. The van der Waals surface area contributed by atoms with E-state index in [-0.39, 0.29) is 24.0 Å². The van der Waals surface area contributed by atoms with Gasteiger partial charge in [0.15, 0.2) is 0 Å². The second-order valence-electron chi connectivity index (χ2n) is 5.26. The number of morpholine rings is 1. The van der Waals surface area contributed by atoms with Crippen molar-refractivity contribution in [3.05, 3.63) is 18.2 Å². The van der Waals surface area contributed by atoms with Gasteiger partial charge in [-0.15, -0.1) is 0 Å². The van der Waals surface area contributed by atoms with Gasteiger partial charge in [-0.05, 0) is 13.3 Å². The third-order valence-corrected chi connectivity index (χ3v) is 3.73. The van der Waals surface area contributed by atoms with Crippen molar-refractivity contribution in [1.82, 2.24) is 19.8 Å². The molecule has 21 heavy (non-hydrogen) atoms. The first kappa shape index (κ1) is 15.7. The summed E-state index contributed by atoms with van der Waals surface area (Å²) >= 11 is 0. The molecule has 1 aliphatic rings. The molecule has 1 saturated heterocycles. The minimum absolute atomic E-state index is 0.0314. The summed E-state index contributed by atoms with van der Waals surface area (Å²) in [6.07, 6.45) is 3.28. The molecule has 2 amide bonds. The molecule has 1 atom stereocenters. The van der Waals surface area contributed by atoms with Crippen LogP contribution in [0.1, 0.15) is 32.6 Å². The zero-order valence-electron chi connectivity index (χ0n) is 12.2. The summed E-state index contributed by atoms with van der Waals surface area (Å²) in [5, 5.41) is 2.63. The van der Waals surface area contributed by atoms with Crippen LogP contribution in [0.15, 0.2) is 12.4 Å². The van der Waals surface area contributed by atoms with Crippen LogP contribution in [0, 0.1) is 0 Å². The summed E-state index contributed by atoms with van der Waals surface area (Å²) in [5.41, 5.74) is -0.350. The molecule has 1 aromatic heterocycles.